The Morgan fingerprint density at radius 3 is 2.73 bits per heavy atom. The number of nitrogens with zero attached hydrogens (tertiary/aromatic N) is 2. The van der Waals surface area contributed by atoms with E-state index in [-0.39, 0.29) is 18.5 Å². The molecule has 1 aromatic carbocycles. The molecule has 1 aliphatic heterocycles. The van der Waals surface area contributed by atoms with Crippen LogP contribution in [0.4, 0.5) is 13.2 Å². The van der Waals surface area contributed by atoms with Gasteiger partial charge in [0.05, 0.1) is 25.3 Å². The zero-order valence-corrected chi connectivity index (χ0v) is 17.2. The number of guanidine groups is 1. The number of morpholine rings is 1. The third-order valence-electron chi connectivity index (χ3n) is 5.54. The molecule has 0 radical (unpaired) electrons. The van der Waals surface area contributed by atoms with Crippen molar-refractivity contribution in [3.63, 3.8) is 0 Å². The van der Waals surface area contributed by atoms with Crippen molar-refractivity contribution in [2.45, 2.75) is 50.4 Å². The second-order valence-corrected chi connectivity index (χ2v) is 7.73. The van der Waals surface area contributed by atoms with Crippen LogP contribution in [0.1, 0.15) is 49.3 Å². The van der Waals surface area contributed by atoms with Crippen molar-refractivity contribution in [3.05, 3.63) is 35.4 Å². The van der Waals surface area contributed by atoms with E-state index in [1.807, 2.05) is 4.90 Å². The molecule has 1 saturated carbocycles. The zero-order chi connectivity index (χ0) is 21.6. The van der Waals surface area contributed by atoms with E-state index >= 15 is 0 Å². The Bertz CT molecular complexity index is 748. The number of carbonyl (C=O) groups excluding carboxylic acids is 1. The SMILES string of the molecule is CN=C(NCC(=O)NC1CCCCC1)N1CCOC(c2cccc(C(F)(F)F)c2)C1. The molecule has 3 rings (SSSR count). The normalized spacial score (nSPS) is 21.4. The highest BCUT2D eigenvalue weighted by Crippen LogP contribution is 2.32. The fourth-order valence-electron chi connectivity index (χ4n) is 3.98. The summed E-state index contributed by atoms with van der Waals surface area (Å²) in [7, 11) is 1.62. The molecule has 0 bridgehead atoms. The lowest BCUT2D eigenvalue weighted by atomic mass is 9.95. The summed E-state index contributed by atoms with van der Waals surface area (Å²) in [5.74, 6) is 0.458. The summed E-state index contributed by atoms with van der Waals surface area (Å²) in [5.41, 5.74) is -0.220. The highest BCUT2D eigenvalue weighted by Gasteiger charge is 2.32. The van der Waals surface area contributed by atoms with Crippen LogP contribution in [0, 0.1) is 0 Å². The lowest BCUT2D eigenvalue weighted by molar-refractivity contribution is -0.137. The van der Waals surface area contributed by atoms with Crippen LogP contribution in [0.3, 0.4) is 0 Å². The van der Waals surface area contributed by atoms with Gasteiger partial charge < -0.3 is 20.3 Å². The molecule has 0 aromatic heterocycles. The molecule has 1 heterocycles. The number of nitrogens with one attached hydrogen (secondary N) is 2. The molecule has 1 unspecified atom stereocenters. The average Bonchev–Trinajstić information content (AvgIpc) is 2.75. The van der Waals surface area contributed by atoms with Gasteiger partial charge in [0.1, 0.15) is 6.10 Å². The molecule has 2 N–H and O–H groups in total. The standard InChI is InChI=1S/C21H29F3N4O2/c1-25-20(26-13-19(29)27-17-8-3-2-4-9-17)28-10-11-30-18(14-28)15-6-5-7-16(12-15)21(22,23)24/h5-7,12,17-18H,2-4,8-11,13-14H2,1H3,(H,25,26)(H,27,29). The average molecular weight is 426 g/mol. The maximum Gasteiger partial charge on any atom is 0.416 e. The molecular formula is C21H29F3N4O2. The van der Waals surface area contributed by atoms with Crippen LogP contribution in [0.5, 0.6) is 0 Å². The molecule has 0 spiro atoms. The van der Waals surface area contributed by atoms with Gasteiger partial charge in [-0.25, -0.2) is 0 Å². The van der Waals surface area contributed by atoms with Gasteiger partial charge in [0, 0.05) is 19.6 Å². The summed E-state index contributed by atoms with van der Waals surface area (Å²) >= 11 is 0. The number of benzene rings is 1. The molecule has 1 atom stereocenters. The van der Waals surface area contributed by atoms with Crippen molar-refractivity contribution in [1.82, 2.24) is 15.5 Å². The summed E-state index contributed by atoms with van der Waals surface area (Å²) < 4.78 is 44.8. The summed E-state index contributed by atoms with van der Waals surface area (Å²) in [6.07, 6.45) is 0.644. The first-order chi connectivity index (χ1) is 14.4. The third kappa shape index (κ3) is 6.10. The number of aliphatic imine (C=N–C) groups is 1. The van der Waals surface area contributed by atoms with E-state index in [9.17, 15) is 18.0 Å². The van der Waals surface area contributed by atoms with Gasteiger partial charge in [0.25, 0.3) is 0 Å². The van der Waals surface area contributed by atoms with E-state index in [4.69, 9.17) is 4.74 Å². The second-order valence-electron chi connectivity index (χ2n) is 7.73. The van der Waals surface area contributed by atoms with E-state index in [2.05, 4.69) is 15.6 Å². The zero-order valence-electron chi connectivity index (χ0n) is 17.2. The molecule has 30 heavy (non-hydrogen) atoms. The smallest absolute Gasteiger partial charge is 0.370 e. The first-order valence-electron chi connectivity index (χ1n) is 10.4. The van der Waals surface area contributed by atoms with E-state index in [1.165, 1.54) is 12.5 Å². The minimum atomic E-state index is -4.40. The molecule has 9 heteroatoms. The number of rotatable bonds is 4. The van der Waals surface area contributed by atoms with Crippen LogP contribution in [-0.4, -0.2) is 56.1 Å². The number of alkyl halides is 3. The number of amides is 1. The first kappa shape index (κ1) is 22.4. The molecular weight excluding hydrogens is 397 g/mol. The number of ether oxygens (including phenoxy) is 1. The third-order valence-corrected chi connectivity index (χ3v) is 5.54. The number of hydrogen-bond donors (Lipinski definition) is 2. The van der Waals surface area contributed by atoms with Gasteiger partial charge >= 0.3 is 6.18 Å². The number of hydrogen-bond acceptors (Lipinski definition) is 3. The van der Waals surface area contributed by atoms with E-state index in [1.54, 1.807) is 13.1 Å². The fraction of sp³-hybridized carbons (Fsp3) is 0.619. The summed E-state index contributed by atoms with van der Waals surface area (Å²) in [4.78, 5) is 18.4. The van der Waals surface area contributed by atoms with Gasteiger partial charge in [0.15, 0.2) is 5.96 Å². The minimum Gasteiger partial charge on any atom is -0.370 e. The number of halogens is 3. The number of carbonyl (C=O) groups is 1. The predicted molar refractivity (Wildman–Crippen MR) is 108 cm³/mol. The molecule has 1 aliphatic carbocycles. The van der Waals surface area contributed by atoms with Crippen molar-refractivity contribution in [1.29, 1.82) is 0 Å². The molecule has 2 fully saturated rings. The van der Waals surface area contributed by atoms with E-state index in [0.29, 0.717) is 31.2 Å². The fourth-order valence-corrected chi connectivity index (χ4v) is 3.98. The Hall–Kier alpha value is -2.29. The highest BCUT2D eigenvalue weighted by molar-refractivity contribution is 5.86. The monoisotopic (exact) mass is 426 g/mol. The van der Waals surface area contributed by atoms with Crippen LogP contribution in [0.15, 0.2) is 29.3 Å². The Labute approximate surface area is 174 Å². The van der Waals surface area contributed by atoms with Crippen LogP contribution in [0.2, 0.25) is 0 Å². The molecule has 6 nitrogen and oxygen atoms in total. The maximum absolute atomic E-state index is 13.0. The van der Waals surface area contributed by atoms with Gasteiger partial charge in [-0.2, -0.15) is 13.2 Å². The Morgan fingerprint density at radius 2 is 2.03 bits per heavy atom. The molecule has 2 aliphatic rings. The lowest BCUT2D eigenvalue weighted by Gasteiger charge is -2.35. The van der Waals surface area contributed by atoms with E-state index < -0.39 is 17.8 Å². The van der Waals surface area contributed by atoms with Gasteiger partial charge in [-0.3, -0.25) is 9.79 Å². The second kappa shape index (κ2) is 10.1. The summed E-state index contributed by atoms with van der Waals surface area (Å²) in [6.45, 7) is 1.36. The first-order valence-corrected chi connectivity index (χ1v) is 10.4. The summed E-state index contributed by atoms with van der Waals surface area (Å²) in [6, 6.07) is 5.45. The van der Waals surface area contributed by atoms with Crippen molar-refractivity contribution >= 4 is 11.9 Å². The Balaban J connectivity index is 1.56. The Kier molecular flexibility index (Phi) is 7.58. The van der Waals surface area contributed by atoms with Crippen LogP contribution < -0.4 is 10.6 Å². The van der Waals surface area contributed by atoms with Crippen molar-refractivity contribution in [3.8, 4) is 0 Å². The van der Waals surface area contributed by atoms with E-state index in [0.717, 1.165) is 37.8 Å². The van der Waals surface area contributed by atoms with Crippen LogP contribution in [0.25, 0.3) is 0 Å². The lowest BCUT2D eigenvalue weighted by Crippen LogP contribution is -2.51. The van der Waals surface area contributed by atoms with Gasteiger partial charge in [0.2, 0.25) is 5.91 Å². The predicted octanol–water partition coefficient (Wildman–Crippen LogP) is 3.10. The molecule has 1 amide bonds. The van der Waals surface area contributed by atoms with Gasteiger partial charge in [-0.15, -0.1) is 0 Å². The van der Waals surface area contributed by atoms with Gasteiger partial charge in [-0.05, 0) is 30.5 Å². The summed E-state index contributed by atoms with van der Waals surface area (Å²) in [5, 5.41) is 6.11. The molecule has 166 valence electrons. The van der Waals surface area contributed by atoms with Crippen molar-refractivity contribution in [2.24, 2.45) is 4.99 Å². The van der Waals surface area contributed by atoms with Crippen molar-refractivity contribution < 1.29 is 22.7 Å². The van der Waals surface area contributed by atoms with Gasteiger partial charge in [-0.1, -0.05) is 31.4 Å². The molecule has 1 aromatic rings. The molecule has 1 saturated heterocycles. The minimum absolute atomic E-state index is 0.0780. The quantitative estimate of drug-likeness (QED) is 0.574. The Morgan fingerprint density at radius 1 is 1.27 bits per heavy atom. The highest BCUT2D eigenvalue weighted by atomic mass is 19.4. The maximum atomic E-state index is 13.0. The topological polar surface area (TPSA) is 66.0 Å². The van der Waals surface area contributed by atoms with Crippen LogP contribution >= 0.6 is 0 Å². The largest absolute Gasteiger partial charge is 0.416 e. The van der Waals surface area contributed by atoms with Crippen LogP contribution in [-0.2, 0) is 15.7 Å². The van der Waals surface area contributed by atoms with Crippen molar-refractivity contribution in [2.75, 3.05) is 33.3 Å².